The molecule has 4 nitrogen and oxygen atoms in total. The van der Waals surface area contributed by atoms with Gasteiger partial charge in [0.15, 0.2) is 0 Å². The zero-order valence-corrected chi connectivity index (χ0v) is 12.3. The number of hydrogen-bond acceptors (Lipinski definition) is 4. The van der Waals surface area contributed by atoms with Crippen molar-refractivity contribution in [3.63, 3.8) is 0 Å². The highest BCUT2D eigenvalue weighted by atomic mass is 32.1. The third kappa shape index (κ3) is 2.51. The van der Waals surface area contributed by atoms with E-state index in [0.717, 1.165) is 29.3 Å². The maximum Gasteiger partial charge on any atom is 0.258 e. The van der Waals surface area contributed by atoms with Gasteiger partial charge in [-0.2, -0.15) is 4.37 Å². The van der Waals surface area contributed by atoms with Crippen LogP contribution in [0.25, 0.3) is 0 Å². The van der Waals surface area contributed by atoms with Crippen LogP contribution in [0.1, 0.15) is 36.3 Å². The number of anilines is 1. The fourth-order valence-corrected chi connectivity index (χ4v) is 3.52. The van der Waals surface area contributed by atoms with Crippen molar-refractivity contribution in [3.05, 3.63) is 11.3 Å². The van der Waals surface area contributed by atoms with Crippen LogP contribution in [0.3, 0.4) is 0 Å². The van der Waals surface area contributed by atoms with E-state index in [1.54, 1.807) is 0 Å². The van der Waals surface area contributed by atoms with Crippen LogP contribution in [0.5, 0.6) is 0 Å². The van der Waals surface area contributed by atoms with Gasteiger partial charge in [-0.05, 0) is 36.7 Å². The van der Waals surface area contributed by atoms with Crippen LogP contribution in [-0.4, -0.2) is 35.3 Å². The molecule has 1 aliphatic heterocycles. The number of hydrogen-bond donors (Lipinski definition) is 1. The molecule has 100 valence electrons. The van der Waals surface area contributed by atoms with Gasteiger partial charge in [-0.15, -0.1) is 0 Å². The van der Waals surface area contributed by atoms with Gasteiger partial charge < -0.3 is 10.2 Å². The molecule has 1 aromatic rings. The third-order valence-corrected chi connectivity index (χ3v) is 4.42. The zero-order valence-electron chi connectivity index (χ0n) is 11.5. The zero-order chi connectivity index (χ0) is 13.3. The van der Waals surface area contributed by atoms with Gasteiger partial charge in [-0.1, -0.05) is 13.8 Å². The lowest BCUT2D eigenvalue weighted by atomic mass is 9.91. The van der Waals surface area contributed by atoms with E-state index >= 15 is 0 Å². The molecule has 0 aliphatic carbocycles. The fraction of sp³-hybridized carbons (Fsp3) is 0.692. The minimum Gasteiger partial charge on any atom is -0.378 e. The molecule has 2 heterocycles. The molecular formula is C13H21N3OS. The first kappa shape index (κ1) is 13.3. The van der Waals surface area contributed by atoms with Crippen molar-refractivity contribution in [1.29, 1.82) is 0 Å². The minimum atomic E-state index is 0.129. The normalized spacial score (nSPS) is 24.1. The molecule has 1 fully saturated rings. The van der Waals surface area contributed by atoms with Gasteiger partial charge >= 0.3 is 0 Å². The second kappa shape index (κ2) is 5.26. The average molecular weight is 267 g/mol. The van der Waals surface area contributed by atoms with Crippen LogP contribution in [0.2, 0.25) is 0 Å². The van der Waals surface area contributed by atoms with E-state index in [0.29, 0.717) is 11.8 Å². The first-order valence-corrected chi connectivity index (χ1v) is 7.23. The topological polar surface area (TPSA) is 45.2 Å². The Balaban J connectivity index is 2.22. The predicted molar refractivity (Wildman–Crippen MR) is 75.2 cm³/mol. The Morgan fingerprint density at radius 1 is 1.39 bits per heavy atom. The molecule has 2 unspecified atom stereocenters. The predicted octanol–water partition coefficient (Wildman–Crippen LogP) is 2.61. The van der Waals surface area contributed by atoms with Crippen LogP contribution in [-0.2, 0) is 0 Å². The van der Waals surface area contributed by atoms with Crippen molar-refractivity contribution in [1.82, 2.24) is 9.27 Å². The molecule has 18 heavy (non-hydrogen) atoms. The SMILES string of the molecule is CNc1snc(C)c1C(=O)N1CC(C)CC(C)C1. The van der Waals surface area contributed by atoms with E-state index in [4.69, 9.17) is 0 Å². The summed E-state index contributed by atoms with van der Waals surface area (Å²) < 4.78 is 4.27. The molecule has 2 atom stereocenters. The number of amides is 1. The summed E-state index contributed by atoms with van der Waals surface area (Å²) in [6.45, 7) is 8.06. The molecule has 1 amide bonds. The molecule has 0 radical (unpaired) electrons. The Morgan fingerprint density at radius 3 is 2.56 bits per heavy atom. The summed E-state index contributed by atoms with van der Waals surface area (Å²) in [6, 6.07) is 0. The lowest BCUT2D eigenvalue weighted by Gasteiger charge is -2.35. The second-order valence-electron chi connectivity index (χ2n) is 5.38. The molecule has 1 aliphatic rings. The molecule has 5 heteroatoms. The van der Waals surface area contributed by atoms with Crippen molar-refractivity contribution in [2.45, 2.75) is 27.2 Å². The molecule has 0 spiro atoms. The quantitative estimate of drug-likeness (QED) is 0.896. The highest BCUT2D eigenvalue weighted by Crippen LogP contribution is 2.28. The first-order chi connectivity index (χ1) is 8.52. The Labute approximate surface area is 113 Å². The summed E-state index contributed by atoms with van der Waals surface area (Å²) in [5, 5.41) is 3.95. The minimum absolute atomic E-state index is 0.129. The fourth-order valence-electron chi connectivity index (χ4n) is 2.78. The summed E-state index contributed by atoms with van der Waals surface area (Å²) in [6.07, 6.45) is 1.21. The summed E-state index contributed by atoms with van der Waals surface area (Å²) in [5.74, 6) is 1.30. The Morgan fingerprint density at radius 2 is 2.00 bits per heavy atom. The van der Waals surface area contributed by atoms with Gasteiger partial charge in [0.05, 0.1) is 11.3 Å². The van der Waals surface area contributed by atoms with Crippen LogP contribution in [0.15, 0.2) is 0 Å². The van der Waals surface area contributed by atoms with Crippen molar-refractivity contribution >= 4 is 22.4 Å². The summed E-state index contributed by atoms with van der Waals surface area (Å²) in [4.78, 5) is 14.6. The van der Waals surface area contributed by atoms with E-state index in [1.807, 2.05) is 18.9 Å². The molecular weight excluding hydrogens is 246 g/mol. The number of piperidine rings is 1. The number of rotatable bonds is 2. The van der Waals surface area contributed by atoms with Gasteiger partial charge in [0.2, 0.25) is 0 Å². The Kier molecular flexibility index (Phi) is 3.90. The summed E-state index contributed by atoms with van der Waals surface area (Å²) >= 11 is 1.36. The van der Waals surface area contributed by atoms with Crippen LogP contribution in [0, 0.1) is 18.8 Å². The van der Waals surface area contributed by atoms with Crippen LogP contribution < -0.4 is 5.32 Å². The summed E-state index contributed by atoms with van der Waals surface area (Å²) in [5.41, 5.74) is 1.59. The first-order valence-electron chi connectivity index (χ1n) is 6.46. The monoisotopic (exact) mass is 267 g/mol. The third-order valence-electron chi connectivity index (χ3n) is 3.46. The number of carbonyl (C=O) groups excluding carboxylic acids is 1. The number of nitrogens with zero attached hydrogens (tertiary/aromatic N) is 2. The largest absolute Gasteiger partial charge is 0.378 e. The molecule has 0 aromatic carbocycles. The smallest absolute Gasteiger partial charge is 0.258 e. The van der Waals surface area contributed by atoms with E-state index in [-0.39, 0.29) is 5.91 Å². The van der Waals surface area contributed by atoms with Crippen LogP contribution in [0.4, 0.5) is 5.00 Å². The lowest BCUT2D eigenvalue weighted by Crippen LogP contribution is -2.42. The molecule has 0 bridgehead atoms. The van der Waals surface area contributed by atoms with E-state index in [9.17, 15) is 4.79 Å². The van der Waals surface area contributed by atoms with Crippen molar-refractivity contribution in [2.24, 2.45) is 11.8 Å². The van der Waals surface area contributed by atoms with E-state index in [2.05, 4.69) is 23.5 Å². The van der Waals surface area contributed by atoms with E-state index < -0.39 is 0 Å². The Bertz CT molecular complexity index is 433. The lowest BCUT2D eigenvalue weighted by molar-refractivity contribution is 0.0623. The van der Waals surface area contributed by atoms with Crippen molar-refractivity contribution in [3.8, 4) is 0 Å². The highest BCUT2D eigenvalue weighted by molar-refractivity contribution is 7.10. The van der Waals surface area contributed by atoms with E-state index in [1.165, 1.54) is 18.0 Å². The highest BCUT2D eigenvalue weighted by Gasteiger charge is 2.29. The number of aryl methyl sites for hydroxylation is 1. The van der Waals surface area contributed by atoms with Gasteiger partial charge in [0.1, 0.15) is 5.00 Å². The van der Waals surface area contributed by atoms with Crippen molar-refractivity contribution < 1.29 is 4.79 Å². The molecule has 1 aromatic heterocycles. The van der Waals surface area contributed by atoms with Gasteiger partial charge in [0, 0.05) is 20.1 Å². The molecule has 1 N–H and O–H groups in total. The van der Waals surface area contributed by atoms with Gasteiger partial charge in [0.25, 0.3) is 5.91 Å². The van der Waals surface area contributed by atoms with Gasteiger partial charge in [-0.3, -0.25) is 4.79 Å². The number of likely N-dealkylation sites (tertiary alicyclic amines) is 1. The standard InChI is InChI=1S/C13H21N3OS/c1-8-5-9(2)7-16(6-8)13(17)11-10(3)15-18-12(11)14-4/h8-9,14H,5-7H2,1-4H3. The number of aromatic nitrogens is 1. The maximum atomic E-state index is 12.6. The number of carbonyl (C=O) groups is 1. The molecule has 1 saturated heterocycles. The van der Waals surface area contributed by atoms with Crippen LogP contribution >= 0.6 is 11.5 Å². The molecule has 0 saturated carbocycles. The van der Waals surface area contributed by atoms with Gasteiger partial charge in [-0.25, -0.2) is 0 Å². The van der Waals surface area contributed by atoms with Crippen molar-refractivity contribution in [2.75, 3.05) is 25.5 Å². The Hall–Kier alpha value is -1.10. The number of nitrogens with one attached hydrogen (secondary N) is 1. The maximum absolute atomic E-state index is 12.6. The average Bonchev–Trinajstić information content (AvgIpc) is 2.68. The summed E-state index contributed by atoms with van der Waals surface area (Å²) in [7, 11) is 1.84. The second-order valence-corrected chi connectivity index (χ2v) is 6.15. The molecule has 2 rings (SSSR count).